The van der Waals surface area contributed by atoms with Crippen LogP contribution in [0.25, 0.3) is 0 Å². The smallest absolute Gasteiger partial charge is 0.278 e. The van der Waals surface area contributed by atoms with E-state index >= 15 is 0 Å². The van der Waals surface area contributed by atoms with Crippen LogP contribution in [0, 0.1) is 29.8 Å². The largest absolute Gasteiger partial charge is 0.378 e. The number of benzene rings is 1. The molecule has 0 aliphatic rings. The van der Waals surface area contributed by atoms with Crippen LogP contribution in [0.5, 0.6) is 0 Å². The second-order valence-electron chi connectivity index (χ2n) is 4.60. The van der Waals surface area contributed by atoms with Crippen molar-refractivity contribution in [2.75, 3.05) is 5.32 Å². The van der Waals surface area contributed by atoms with Gasteiger partial charge in [0.25, 0.3) is 5.69 Å². The van der Waals surface area contributed by atoms with Gasteiger partial charge in [0, 0.05) is 11.8 Å². The maximum atomic E-state index is 13.0. The SMILES string of the molecule is Cc1cnc(CNc2ccc(F)cc2Cl)c(C)c1[N+](=O)[O-]. The predicted molar refractivity (Wildman–Crippen MR) is 79.1 cm³/mol. The molecule has 0 spiro atoms. The maximum absolute atomic E-state index is 13.0. The van der Waals surface area contributed by atoms with E-state index in [4.69, 9.17) is 11.6 Å². The van der Waals surface area contributed by atoms with Gasteiger partial charge in [-0.25, -0.2) is 4.39 Å². The second kappa shape index (κ2) is 6.05. The molecule has 0 aliphatic carbocycles. The molecule has 0 saturated heterocycles. The first kappa shape index (κ1) is 15.2. The molecule has 0 saturated carbocycles. The lowest BCUT2D eigenvalue weighted by molar-refractivity contribution is -0.386. The molecular weight excluding hydrogens is 297 g/mol. The third-order valence-electron chi connectivity index (χ3n) is 3.14. The summed E-state index contributed by atoms with van der Waals surface area (Å²) in [6.45, 7) is 3.56. The van der Waals surface area contributed by atoms with Crippen molar-refractivity contribution in [2.45, 2.75) is 20.4 Å². The zero-order valence-electron chi connectivity index (χ0n) is 11.5. The highest BCUT2D eigenvalue weighted by atomic mass is 35.5. The molecule has 0 amide bonds. The fourth-order valence-corrected chi connectivity index (χ4v) is 2.27. The first-order valence-electron chi connectivity index (χ1n) is 6.18. The standard InChI is InChI=1S/C14H13ClFN3O2/c1-8-6-17-13(9(2)14(8)19(20)21)7-18-12-4-3-10(16)5-11(12)15/h3-6,18H,7H2,1-2H3. The Balaban J connectivity index is 2.24. The minimum atomic E-state index is -0.425. The molecule has 0 radical (unpaired) electrons. The average molecular weight is 310 g/mol. The van der Waals surface area contributed by atoms with Crippen molar-refractivity contribution in [3.8, 4) is 0 Å². The Morgan fingerprint density at radius 3 is 2.76 bits per heavy atom. The Hall–Kier alpha value is -2.21. The molecule has 1 N–H and O–H groups in total. The summed E-state index contributed by atoms with van der Waals surface area (Å²) in [6, 6.07) is 3.99. The molecule has 0 fully saturated rings. The summed E-state index contributed by atoms with van der Waals surface area (Å²) >= 11 is 5.91. The highest BCUT2D eigenvalue weighted by Crippen LogP contribution is 2.26. The summed E-state index contributed by atoms with van der Waals surface area (Å²) in [5, 5.41) is 14.3. The summed E-state index contributed by atoms with van der Waals surface area (Å²) in [4.78, 5) is 14.8. The van der Waals surface area contributed by atoms with Gasteiger partial charge < -0.3 is 5.32 Å². The molecule has 0 aliphatic heterocycles. The van der Waals surface area contributed by atoms with Crippen LogP contribution in [0.4, 0.5) is 15.8 Å². The monoisotopic (exact) mass is 309 g/mol. The number of anilines is 1. The number of nitro groups is 1. The number of pyridine rings is 1. The molecule has 1 heterocycles. The number of hydrogen-bond acceptors (Lipinski definition) is 4. The van der Waals surface area contributed by atoms with Crippen LogP contribution in [0.15, 0.2) is 24.4 Å². The Kier molecular flexibility index (Phi) is 4.37. The van der Waals surface area contributed by atoms with Gasteiger partial charge in [-0.15, -0.1) is 0 Å². The van der Waals surface area contributed by atoms with Crippen LogP contribution in [-0.4, -0.2) is 9.91 Å². The summed E-state index contributed by atoms with van der Waals surface area (Å²) < 4.78 is 13.0. The maximum Gasteiger partial charge on any atom is 0.278 e. The Morgan fingerprint density at radius 2 is 2.14 bits per heavy atom. The lowest BCUT2D eigenvalue weighted by atomic mass is 10.1. The third-order valence-corrected chi connectivity index (χ3v) is 3.45. The predicted octanol–water partition coefficient (Wildman–Crippen LogP) is 4.01. The van der Waals surface area contributed by atoms with Gasteiger partial charge in [0.15, 0.2) is 0 Å². The van der Waals surface area contributed by atoms with Crippen LogP contribution in [0.2, 0.25) is 5.02 Å². The van der Waals surface area contributed by atoms with E-state index in [0.717, 1.165) is 0 Å². The van der Waals surface area contributed by atoms with Crippen molar-refractivity contribution in [3.05, 3.63) is 62.2 Å². The molecule has 0 bridgehead atoms. The van der Waals surface area contributed by atoms with Gasteiger partial charge in [-0.3, -0.25) is 15.1 Å². The molecule has 0 atom stereocenters. The van der Waals surface area contributed by atoms with Gasteiger partial charge in [0.2, 0.25) is 0 Å². The highest BCUT2D eigenvalue weighted by Gasteiger charge is 2.18. The lowest BCUT2D eigenvalue weighted by Crippen LogP contribution is -2.07. The van der Waals surface area contributed by atoms with E-state index in [-0.39, 0.29) is 17.3 Å². The fourth-order valence-electron chi connectivity index (χ4n) is 2.04. The Labute approximate surface area is 125 Å². The van der Waals surface area contributed by atoms with Crippen LogP contribution in [0.1, 0.15) is 16.8 Å². The van der Waals surface area contributed by atoms with E-state index < -0.39 is 10.7 Å². The number of nitrogens with one attached hydrogen (secondary N) is 1. The summed E-state index contributed by atoms with van der Waals surface area (Å²) in [5.74, 6) is -0.425. The molecule has 0 unspecified atom stereocenters. The minimum Gasteiger partial charge on any atom is -0.378 e. The zero-order valence-corrected chi connectivity index (χ0v) is 12.2. The summed E-state index contributed by atoms with van der Waals surface area (Å²) in [5.41, 5.74) is 2.17. The van der Waals surface area contributed by atoms with E-state index in [1.807, 2.05) is 0 Å². The number of aryl methyl sites for hydroxylation is 1. The van der Waals surface area contributed by atoms with Crippen LogP contribution >= 0.6 is 11.6 Å². The number of rotatable bonds is 4. The zero-order chi connectivity index (χ0) is 15.6. The number of nitrogens with zero attached hydrogens (tertiary/aromatic N) is 2. The topological polar surface area (TPSA) is 68.1 Å². The van der Waals surface area contributed by atoms with Gasteiger partial charge in [0.1, 0.15) is 5.82 Å². The molecule has 7 heteroatoms. The molecule has 2 rings (SSSR count). The molecule has 1 aromatic heterocycles. The second-order valence-corrected chi connectivity index (χ2v) is 5.00. The van der Waals surface area contributed by atoms with Gasteiger partial charge in [0.05, 0.1) is 33.4 Å². The van der Waals surface area contributed by atoms with Crippen molar-refractivity contribution < 1.29 is 9.31 Å². The molecular formula is C14H13ClFN3O2. The van der Waals surface area contributed by atoms with E-state index in [9.17, 15) is 14.5 Å². The molecule has 1 aromatic carbocycles. The number of aromatic nitrogens is 1. The lowest BCUT2D eigenvalue weighted by Gasteiger charge is -2.11. The van der Waals surface area contributed by atoms with Crippen molar-refractivity contribution >= 4 is 23.0 Å². The van der Waals surface area contributed by atoms with E-state index in [0.29, 0.717) is 22.5 Å². The van der Waals surface area contributed by atoms with Crippen molar-refractivity contribution in [2.24, 2.45) is 0 Å². The van der Waals surface area contributed by atoms with Crippen LogP contribution in [-0.2, 0) is 6.54 Å². The summed E-state index contributed by atoms with van der Waals surface area (Å²) in [6.07, 6.45) is 1.47. The van der Waals surface area contributed by atoms with Crippen molar-refractivity contribution in [1.82, 2.24) is 4.98 Å². The molecule has 21 heavy (non-hydrogen) atoms. The minimum absolute atomic E-state index is 0.0620. The van der Waals surface area contributed by atoms with Crippen LogP contribution in [0.3, 0.4) is 0 Å². The fraction of sp³-hybridized carbons (Fsp3) is 0.214. The van der Waals surface area contributed by atoms with E-state index in [1.54, 1.807) is 13.8 Å². The normalized spacial score (nSPS) is 10.5. The molecule has 5 nitrogen and oxygen atoms in total. The Morgan fingerprint density at radius 1 is 1.43 bits per heavy atom. The van der Waals surface area contributed by atoms with Gasteiger partial charge in [-0.05, 0) is 32.0 Å². The quantitative estimate of drug-likeness (QED) is 0.684. The van der Waals surface area contributed by atoms with Gasteiger partial charge >= 0.3 is 0 Å². The number of halogens is 2. The molecule has 2 aromatic rings. The van der Waals surface area contributed by atoms with Gasteiger partial charge in [-0.2, -0.15) is 0 Å². The van der Waals surface area contributed by atoms with E-state index in [1.165, 1.54) is 24.4 Å². The Bertz CT molecular complexity index is 707. The van der Waals surface area contributed by atoms with E-state index in [2.05, 4.69) is 10.3 Å². The third kappa shape index (κ3) is 3.28. The molecule has 110 valence electrons. The highest BCUT2D eigenvalue weighted by molar-refractivity contribution is 6.33. The first-order valence-corrected chi connectivity index (χ1v) is 6.56. The number of hydrogen-bond donors (Lipinski definition) is 1. The van der Waals surface area contributed by atoms with Crippen molar-refractivity contribution in [3.63, 3.8) is 0 Å². The summed E-state index contributed by atoms with van der Waals surface area (Å²) in [7, 11) is 0. The van der Waals surface area contributed by atoms with Crippen LogP contribution < -0.4 is 5.32 Å². The van der Waals surface area contributed by atoms with Crippen molar-refractivity contribution in [1.29, 1.82) is 0 Å². The average Bonchev–Trinajstić information content (AvgIpc) is 2.39. The first-order chi connectivity index (χ1) is 9.90. The van der Waals surface area contributed by atoms with Gasteiger partial charge in [-0.1, -0.05) is 11.6 Å².